The lowest BCUT2D eigenvalue weighted by molar-refractivity contribution is 0.0689. The van der Waals surface area contributed by atoms with Gasteiger partial charge in [0, 0.05) is 6.92 Å². The Morgan fingerprint density at radius 2 is 2.29 bits per heavy atom. The molecule has 17 heavy (non-hydrogen) atoms. The van der Waals surface area contributed by atoms with Crippen LogP contribution in [0.25, 0.3) is 0 Å². The first-order valence-electron chi connectivity index (χ1n) is 5.06. The van der Waals surface area contributed by atoms with E-state index in [0.717, 1.165) is 0 Å². The van der Waals surface area contributed by atoms with Crippen molar-refractivity contribution in [2.45, 2.75) is 26.8 Å². The van der Waals surface area contributed by atoms with Crippen LogP contribution in [-0.4, -0.2) is 36.2 Å². The number of rotatable bonds is 4. The maximum Gasteiger partial charge on any atom is 0.358 e. The van der Waals surface area contributed by atoms with Crippen LogP contribution in [0.2, 0.25) is 0 Å². The zero-order valence-corrected chi connectivity index (χ0v) is 9.41. The van der Waals surface area contributed by atoms with E-state index in [1.165, 1.54) is 4.68 Å². The van der Waals surface area contributed by atoms with Gasteiger partial charge in [0.15, 0.2) is 11.5 Å². The van der Waals surface area contributed by atoms with Gasteiger partial charge in [-0.2, -0.15) is 4.98 Å². The number of carboxylic acid groups (broad SMARTS) is 1. The molecule has 0 aromatic carbocycles. The van der Waals surface area contributed by atoms with Gasteiger partial charge in [0.1, 0.15) is 6.54 Å². The number of hydrogen-bond acceptors (Lipinski definition) is 6. The summed E-state index contributed by atoms with van der Waals surface area (Å²) < 4.78 is 6.29. The molecule has 0 aliphatic carbocycles. The summed E-state index contributed by atoms with van der Waals surface area (Å²) >= 11 is 0. The number of nitrogens with zero attached hydrogens (tertiary/aromatic N) is 5. The van der Waals surface area contributed by atoms with E-state index in [4.69, 9.17) is 9.63 Å². The minimum Gasteiger partial charge on any atom is -0.476 e. The summed E-state index contributed by atoms with van der Waals surface area (Å²) in [5.74, 6) is -0.187. The van der Waals surface area contributed by atoms with E-state index < -0.39 is 5.97 Å². The quantitative estimate of drug-likeness (QED) is 0.813. The van der Waals surface area contributed by atoms with E-state index in [9.17, 15) is 4.79 Å². The van der Waals surface area contributed by atoms with Gasteiger partial charge in [-0.1, -0.05) is 17.3 Å². The predicted octanol–water partition coefficient (Wildman–Crippen LogP) is 0.278. The third-order valence-electron chi connectivity index (χ3n) is 2.24. The summed E-state index contributed by atoms with van der Waals surface area (Å²) in [7, 11) is 0. The second-order valence-corrected chi connectivity index (χ2v) is 3.43. The molecule has 0 fully saturated rings. The van der Waals surface area contributed by atoms with E-state index >= 15 is 0 Å². The Balaban J connectivity index is 2.30. The van der Waals surface area contributed by atoms with Crippen LogP contribution in [0, 0.1) is 6.92 Å². The Morgan fingerprint density at radius 1 is 1.53 bits per heavy atom. The van der Waals surface area contributed by atoms with Gasteiger partial charge in [0.25, 0.3) is 0 Å². The number of aromatic nitrogens is 5. The molecular weight excluding hydrogens is 226 g/mol. The van der Waals surface area contributed by atoms with Crippen molar-refractivity contribution >= 4 is 5.97 Å². The highest BCUT2D eigenvalue weighted by molar-refractivity contribution is 5.86. The molecule has 1 N–H and O–H groups in total. The first-order chi connectivity index (χ1) is 8.11. The fourth-order valence-corrected chi connectivity index (χ4v) is 1.52. The lowest BCUT2D eigenvalue weighted by Gasteiger charge is -2.00. The molecule has 0 atom stereocenters. The van der Waals surface area contributed by atoms with Crippen LogP contribution in [0.3, 0.4) is 0 Å². The molecule has 8 nitrogen and oxygen atoms in total. The molecule has 0 unspecified atom stereocenters. The normalized spacial score (nSPS) is 10.7. The highest BCUT2D eigenvalue weighted by Crippen LogP contribution is 2.08. The average Bonchev–Trinajstić information content (AvgIpc) is 2.85. The number of carbonyl (C=O) groups is 1. The molecule has 0 spiro atoms. The summed E-state index contributed by atoms with van der Waals surface area (Å²) in [6.07, 6.45) is 0.519. The molecule has 0 saturated heterocycles. The van der Waals surface area contributed by atoms with Crippen LogP contribution in [-0.2, 0) is 13.0 Å². The Kier molecular flexibility index (Phi) is 2.86. The third-order valence-corrected chi connectivity index (χ3v) is 2.24. The van der Waals surface area contributed by atoms with E-state index in [1.54, 1.807) is 6.92 Å². The van der Waals surface area contributed by atoms with Crippen molar-refractivity contribution < 1.29 is 14.4 Å². The monoisotopic (exact) mass is 237 g/mol. The number of aryl methyl sites for hydroxylation is 1. The first-order valence-corrected chi connectivity index (χ1v) is 5.06. The maximum absolute atomic E-state index is 10.9. The van der Waals surface area contributed by atoms with Crippen LogP contribution in [0.1, 0.15) is 34.8 Å². The van der Waals surface area contributed by atoms with Gasteiger partial charge in [-0.3, -0.25) is 0 Å². The lowest BCUT2D eigenvalue weighted by atomic mass is 10.2. The molecule has 0 bridgehead atoms. The van der Waals surface area contributed by atoms with Crippen molar-refractivity contribution in [2.24, 2.45) is 0 Å². The second-order valence-electron chi connectivity index (χ2n) is 3.43. The van der Waals surface area contributed by atoms with Crippen molar-refractivity contribution in [2.75, 3.05) is 0 Å². The van der Waals surface area contributed by atoms with Gasteiger partial charge < -0.3 is 9.63 Å². The fourth-order valence-electron chi connectivity index (χ4n) is 1.52. The van der Waals surface area contributed by atoms with E-state index in [2.05, 4.69) is 20.5 Å². The highest BCUT2D eigenvalue weighted by Gasteiger charge is 2.18. The van der Waals surface area contributed by atoms with Crippen molar-refractivity contribution in [3.8, 4) is 0 Å². The van der Waals surface area contributed by atoms with E-state index in [1.807, 2.05) is 6.92 Å². The van der Waals surface area contributed by atoms with Gasteiger partial charge in [-0.25, -0.2) is 9.48 Å². The van der Waals surface area contributed by atoms with Crippen LogP contribution < -0.4 is 0 Å². The third kappa shape index (κ3) is 2.14. The minimum absolute atomic E-state index is 0.0345. The molecule has 2 aromatic heterocycles. The molecule has 2 rings (SSSR count). The summed E-state index contributed by atoms with van der Waals surface area (Å²) in [6, 6.07) is 0. The van der Waals surface area contributed by atoms with Gasteiger partial charge in [0.2, 0.25) is 5.89 Å². The molecule has 2 heterocycles. The molecule has 0 saturated carbocycles. The predicted molar refractivity (Wildman–Crippen MR) is 54.5 cm³/mol. The topological polar surface area (TPSA) is 107 Å². The summed E-state index contributed by atoms with van der Waals surface area (Å²) in [5.41, 5.74) is 0.507. The van der Waals surface area contributed by atoms with Crippen molar-refractivity contribution in [3.05, 3.63) is 23.1 Å². The lowest BCUT2D eigenvalue weighted by Crippen LogP contribution is -2.09. The average molecular weight is 237 g/mol. The number of aromatic carboxylic acids is 1. The van der Waals surface area contributed by atoms with Crippen LogP contribution >= 0.6 is 0 Å². The highest BCUT2D eigenvalue weighted by atomic mass is 16.5. The summed E-state index contributed by atoms with van der Waals surface area (Å²) in [6.45, 7) is 3.77. The molecular formula is C9H11N5O3. The Bertz CT molecular complexity index is 545. The van der Waals surface area contributed by atoms with Gasteiger partial charge >= 0.3 is 5.97 Å². The standard InChI is InChI=1S/C9H11N5O3/c1-3-6-8(9(15)16)11-13-14(6)4-7-10-5(2)17-12-7/h3-4H2,1-2H3,(H,15,16). The number of carboxylic acids is 1. The summed E-state index contributed by atoms with van der Waals surface area (Å²) in [4.78, 5) is 14.9. The molecule has 8 heteroatoms. The van der Waals surface area contributed by atoms with E-state index in [0.29, 0.717) is 23.8 Å². The molecule has 90 valence electrons. The van der Waals surface area contributed by atoms with Crippen molar-refractivity contribution in [3.63, 3.8) is 0 Å². The largest absolute Gasteiger partial charge is 0.476 e. The maximum atomic E-state index is 10.9. The zero-order chi connectivity index (χ0) is 12.4. The van der Waals surface area contributed by atoms with Gasteiger partial charge in [-0.15, -0.1) is 5.10 Å². The Labute approximate surface area is 96.2 Å². The van der Waals surface area contributed by atoms with E-state index in [-0.39, 0.29) is 12.2 Å². The van der Waals surface area contributed by atoms with Crippen LogP contribution in [0.4, 0.5) is 0 Å². The molecule has 0 radical (unpaired) electrons. The molecule has 0 aliphatic heterocycles. The van der Waals surface area contributed by atoms with Crippen LogP contribution in [0.15, 0.2) is 4.52 Å². The minimum atomic E-state index is -1.09. The van der Waals surface area contributed by atoms with Gasteiger partial charge in [0.05, 0.1) is 5.69 Å². The summed E-state index contributed by atoms with van der Waals surface area (Å²) in [5, 5.41) is 20.0. The first kappa shape index (κ1) is 11.2. The zero-order valence-electron chi connectivity index (χ0n) is 9.41. The SMILES string of the molecule is CCc1c(C(=O)O)nnn1Cc1noc(C)n1. The second kappa shape index (κ2) is 4.32. The number of hydrogen-bond donors (Lipinski definition) is 1. The molecule has 0 aliphatic rings. The van der Waals surface area contributed by atoms with Crippen molar-refractivity contribution in [1.82, 2.24) is 25.1 Å². The Hall–Kier alpha value is -2.25. The Morgan fingerprint density at radius 3 is 2.82 bits per heavy atom. The van der Waals surface area contributed by atoms with Crippen LogP contribution in [0.5, 0.6) is 0 Å². The van der Waals surface area contributed by atoms with Crippen molar-refractivity contribution in [1.29, 1.82) is 0 Å². The smallest absolute Gasteiger partial charge is 0.358 e. The van der Waals surface area contributed by atoms with Gasteiger partial charge in [-0.05, 0) is 6.42 Å². The fraction of sp³-hybridized carbons (Fsp3) is 0.444. The molecule has 0 amide bonds. The molecule has 2 aromatic rings.